The molecule has 0 amide bonds. The third-order valence-corrected chi connectivity index (χ3v) is 12.6. The van der Waals surface area contributed by atoms with Crippen molar-refractivity contribution in [2.75, 3.05) is 0 Å². The quantitative estimate of drug-likeness (QED) is 0.176. The Hall–Kier alpha value is -7.47. The van der Waals surface area contributed by atoms with Gasteiger partial charge in [-0.3, -0.25) is 0 Å². The van der Waals surface area contributed by atoms with Crippen LogP contribution < -0.4 is 0 Å². The highest BCUT2D eigenvalue weighted by molar-refractivity contribution is 7.26. The first-order valence-electron chi connectivity index (χ1n) is 19.5. The monoisotopic (exact) mass is 756 g/mol. The molecule has 270 valence electrons. The number of fused-ring (bicyclic) bond motifs is 9. The first-order valence-corrected chi connectivity index (χ1v) is 20.3. The predicted molar refractivity (Wildman–Crippen MR) is 244 cm³/mol. The number of nitrogens with zero attached hydrogens (tertiary/aromatic N) is 4. The van der Waals surface area contributed by atoms with E-state index in [0.717, 1.165) is 33.3 Å². The molecule has 0 aliphatic rings. The molecule has 0 bridgehead atoms. The summed E-state index contributed by atoms with van der Waals surface area (Å²) in [5.74, 6) is 1.92. The molecule has 3 heterocycles. The summed E-state index contributed by atoms with van der Waals surface area (Å²) in [6, 6.07) is 69.2. The Morgan fingerprint density at radius 3 is 1.71 bits per heavy atom. The molecule has 12 rings (SSSR count). The van der Waals surface area contributed by atoms with Crippen molar-refractivity contribution in [1.82, 2.24) is 19.5 Å². The van der Waals surface area contributed by atoms with E-state index in [9.17, 15) is 0 Å². The molecule has 9 aromatic carbocycles. The standard InChI is InChI=1S/C53H32N4S/c1-3-13-33(14-4-1)34-23-25-36(26-24-34)52-54-51(35-15-5-2-6-16-35)55-53(56-52)46-32-45-41-20-10-12-22-49(41)58-50(45)42-28-27-39(31-43(42)46)57-47-21-11-9-19-40(47)44-29-37-17-7-8-18-38(37)30-48(44)57/h1-32H. The summed E-state index contributed by atoms with van der Waals surface area (Å²) < 4.78 is 4.93. The molecule has 0 saturated heterocycles. The van der Waals surface area contributed by atoms with Crippen molar-refractivity contribution in [2.45, 2.75) is 0 Å². The van der Waals surface area contributed by atoms with Gasteiger partial charge < -0.3 is 4.57 Å². The van der Waals surface area contributed by atoms with Gasteiger partial charge in [0.25, 0.3) is 0 Å². The van der Waals surface area contributed by atoms with Crippen LogP contribution in [0.25, 0.3) is 115 Å². The smallest absolute Gasteiger partial charge is 0.164 e. The van der Waals surface area contributed by atoms with Crippen LogP contribution in [0.5, 0.6) is 0 Å². The number of benzene rings is 9. The molecule has 5 heteroatoms. The maximum atomic E-state index is 5.32. The van der Waals surface area contributed by atoms with E-state index in [1.807, 2.05) is 35.6 Å². The number of hydrogen-bond donors (Lipinski definition) is 0. The summed E-state index contributed by atoms with van der Waals surface area (Å²) in [5.41, 5.74) is 8.60. The van der Waals surface area contributed by atoms with E-state index >= 15 is 0 Å². The second kappa shape index (κ2) is 13.1. The molecule has 3 aromatic heterocycles. The molecule has 4 nitrogen and oxygen atoms in total. The van der Waals surface area contributed by atoms with E-state index in [-0.39, 0.29) is 0 Å². The highest BCUT2D eigenvalue weighted by atomic mass is 32.1. The Balaban J connectivity index is 1.14. The first-order chi connectivity index (χ1) is 28.7. The fourth-order valence-corrected chi connectivity index (χ4v) is 9.85. The van der Waals surface area contributed by atoms with Crippen LogP contribution in [0.1, 0.15) is 0 Å². The maximum absolute atomic E-state index is 5.32. The summed E-state index contributed by atoms with van der Waals surface area (Å²) >= 11 is 1.84. The van der Waals surface area contributed by atoms with Crippen molar-refractivity contribution < 1.29 is 0 Å². The highest BCUT2D eigenvalue weighted by Crippen LogP contribution is 2.44. The summed E-state index contributed by atoms with van der Waals surface area (Å²) in [6.45, 7) is 0. The van der Waals surface area contributed by atoms with Gasteiger partial charge in [0, 0.05) is 58.7 Å². The Bertz CT molecular complexity index is 3550. The Labute approximate surface area is 338 Å². The van der Waals surface area contributed by atoms with Gasteiger partial charge in [0.05, 0.1) is 11.0 Å². The van der Waals surface area contributed by atoms with Crippen molar-refractivity contribution in [2.24, 2.45) is 0 Å². The van der Waals surface area contributed by atoms with Crippen LogP contribution in [0.15, 0.2) is 194 Å². The summed E-state index contributed by atoms with van der Waals surface area (Å²) in [4.78, 5) is 15.7. The van der Waals surface area contributed by atoms with E-state index in [1.165, 1.54) is 63.7 Å². The fraction of sp³-hybridized carbons (Fsp3) is 0. The van der Waals surface area contributed by atoms with Gasteiger partial charge >= 0.3 is 0 Å². The van der Waals surface area contributed by atoms with Crippen LogP contribution in [0.2, 0.25) is 0 Å². The second-order valence-electron chi connectivity index (χ2n) is 14.8. The van der Waals surface area contributed by atoms with Crippen LogP contribution in [-0.2, 0) is 0 Å². The van der Waals surface area contributed by atoms with Crippen LogP contribution >= 0.6 is 11.3 Å². The van der Waals surface area contributed by atoms with Gasteiger partial charge in [-0.1, -0.05) is 152 Å². The van der Waals surface area contributed by atoms with Crippen molar-refractivity contribution in [3.8, 4) is 51.0 Å². The Morgan fingerprint density at radius 1 is 0.345 bits per heavy atom. The zero-order chi connectivity index (χ0) is 38.2. The lowest BCUT2D eigenvalue weighted by molar-refractivity contribution is 1.08. The molecule has 0 fully saturated rings. The SMILES string of the molecule is c1ccc(-c2ccc(-c3nc(-c4ccccc4)nc(-c4cc5c6ccccc6sc5c5ccc(-n6c7ccccc7c7cc8ccccc8cc76)cc45)n3)cc2)cc1. The maximum Gasteiger partial charge on any atom is 0.164 e. The molecule has 12 aromatic rings. The normalized spacial score (nSPS) is 11.8. The summed E-state index contributed by atoms with van der Waals surface area (Å²) in [5, 5.41) is 9.64. The minimum absolute atomic E-state index is 0.636. The number of para-hydroxylation sites is 1. The molecule has 58 heavy (non-hydrogen) atoms. The number of rotatable bonds is 5. The minimum Gasteiger partial charge on any atom is -0.309 e. The average molecular weight is 757 g/mol. The van der Waals surface area contributed by atoms with Gasteiger partial charge in [0.2, 0.25) is 0 Å². The molecule has 0 aliphatic heterocycles. The average Bonchev–Trinajstić information content (AvgIpc) is 3.83. The number of hydrogen-bond acceptors (Lipinski definition) is 4. The number of thiophene rings is 1. The molecular formula is C53H32N4S. The van der Waals surface area contributed by atoms with Gasteiger partial charge in [-0.25, -0.2) is 15.0 Å². The summed E-state index contributed by atoms with van der Waals surface area (Å²) in [6.07, 6.45) is 0. The van der Waals surface area contributed by atoms with Crippen molar-refractivity contribution >= 4 is 74.9 Å². The van der Waals surface area contributed by atoms with Gasteiger partial charge in [-0.15, -0.1) is 11.3 Å². The molecule has 0 radical (unpaired) electrons. The lowest BCUT2D eigenvalue weighted by Gasteiger charge is -2.14. The molecule has 0 unspecified atom stereocenters. The topological polar surface area (TPSA) is 43.6 Å². The van der Waals surface area contributed by atoms with Gasteiger partial charge in [0.15, 0.2) is 17.5 Å². The van der Waals surface area contributed by atoms with Crippen LogP contribution in [-0.4, -0.2) is 19.5 Å². The van der Waals surface area contributed by atoms with E-state index in [1.54, 1.807) is 0 Å². The third-order valence-electron chi connectivity index (χ3n) is 11.4. The van der Waals surface area contributed by atoms with Crippen LogP contribution in [0.3, 0.4) is 0 Å². The third kappa shape index (κ3) is 5.25. The molecule has 0 spiro atoms. The van der Waals surface area contributed by atoms with Crippen molar-refractivity contribution in [3.05, 3.63) is 194 Å². The Morgan fingerprint density at radius 2 is 0.931 bits per heavy atom. The zero-order valence-corrected chi connectivity index (χ0v) is 32.0. The number of aromatic nitrogens is 4. The van der Waals surface area contributed by atoms with E-state index in [0.29, 0.717) is 17.5 Å². The predicted octanol–water partition coefficient (Wildman–Crippen LogP) is 14.3. The van der Waals surface area contributed by atoms with E-state index < -0.39 is 0 Å². The largest absolute Gasteiger partial charge is 0.309 e. The molecule has 0 saturated carbocycles. The summed E-state index contributed by atoms with van der Waals surface area (Å²) in [7, 11) is 0. The van der Waals surface area contributed by atoms with Gasteiger partial charge in [-0.2, -0.15) is 0 Å². The molecule has 0 aliphatic carbocycles. The fourth-order valence-electron chi connectivity index (χ4n) is 8.63. The van der Waals surface area contributed by atoms with E-state index in [2.05, 4.69) is 174 Å². The van der Waals surface area contributed by atoms with Gasteiger partial charge in [-0.05, 0) is 69.8 Å². The molecule has 0 N–H and O–H groups in total. The lowest BCUT2D eigenvalue weighted by atomic mass is 9.99. The van der Waals surface area contributed by atoms with E-state index in [4.69, 9.17) is 15.0 Å². The Kier molecular flexibility index (Phi) is 7.37. The first kappa shape index (κ1) is 32.7. The lowest BCUT2D eigenvalue weighted by Crippen LogP contribution is -2.01. The van der Waals surface area contributed by atoms with Crippen molar-refractivity contribution in [3.63, 3.8) is 0 Å². The van der Waals surface area contributed by atoms with Crippen LogP contribution in [0.4, 0.5) is 0 Å². The zero-order valence-electron chi connectivity index (χ0n) is 31.2. The highest BCUT2D eigenvalue weighted by Gasteiger charge is 2.20. The molecule has 0 atom stereocenters. The minimum atomic E-state index is 0.636. The molecular weight excluding hydrogens is 725 g/mol. The second-order valence-corrected chi connectivity index (χ2v) is 15.9. The van der Waals surface area contributed by atoms with Crippen LogP contribution in [0, 0.1) is 0 Å². The van der Waals surface area contributed by atoms with Crippen molar-refractivity contribution in [1.29, 1.82) is 0 Å². The van der Waals surface area contributed by atoms with Gasteiger partial charge in [0.1, 0.15) is 0 Å².